The van der Waals surface area contributed by atoms with Crippen LogP contribution in [0.5, 0.6) is 0 Å². The maximum absolute atomic E-state index is 8.28. The summed E-state index contributed by atoms with van der Waals surface area (Å²) in [6.45, 7) is 10.3. The topological polar surface area (TPSA) is 190 Å². The van der Waals surface area contributed by atoms with E-state index in [0.717, 1.165) is 0 Å². The Morgan fingerprint density at radius 3 is 1.08 bits per heavy atom. The number of halogens is 3. The van der Waals surface area contributed by atoms with Crippen molar-refractivity contribution < 1.29 is 83.6 Å². The van der Waals surface area contributed by atoms with Gasteiger partial charge in [0.05, 0.1) is 63.6 Å². The maximum atomic E-state index is 8.28. The Bertz CT molecular complexity index is 1440. The smallest absolute Gasteiger partial charge is 0.265 e. The van der Waals surface area contributed by atoms with Crippen molar-refractivity contribution in [1.82, 2.24) is 0 Å². The molecule has 30 atom stereocenters. The van der Waals surface area contributed by atoms with Crippen LogP contribution < -0.4 is 0 Å². The Balaban J connectivity index is 1.25. The van der Waals surface area contributed by atoms with E-state index in [4.69, 9.17) is 124 Å². The van der Waals surface area contributed by atoms with E-state index in [1.165, 1.54) is 0 Å². The van der Waals surface area contributed by atoms with Crippen LogP contribution in [0, 0.1) is 35.0 Å². The molecule has 0 aromatic rings. The molecule has 19 nitrogen and oxygen atoms in total. The summed E-state index contributed by atoms with van der Waals surface area (Å²) >= 11 is 18.0. The Hall–Kier alpha value is 3.10. The van der Waals surface area contributed by atoms with Crippen molar-refractivity contribution in [3.63, 3.8) is 0 Å². The summed E-state index contributed by atoms with van der Waals surface area (Å²) in [6, 6.07) is 0. The minimum absolute atomic E-state index is 0.0274. The molecule has 5 heterocycles. The molecule has 5 fully saturated rings. The minimum Gasteiger partial charge on any atom is -0.448 e. The molecule has 5 saturated heterocycles. The lowest BCUT2D eigenvalue weighted by Gasteiger charge is -2.44. The van der Waals surface area contributed by atoms with E-state index in [1.807, 2.05) is 34.6 Å². The van der Waals surface area contributed by atoms with Crippen LogP contribution in [-0.2, 0) is 83.6 Å². The number of hydrogen-bond donors (Lipinski definition) is 1. The van der Waals surface area contributed by atoms with Gasteiger partial charge in [-0.25, -0.2) is 0 Å². The Morgan fingerprint density at radius 2 is 0.719 bits per heavy atom. The van der Waals surface area contributed by atoms with Crippen LogP contribution in [0.25, 0.3) is 0 Å². The van der Waals surface area contributed by atoms with Crippen LogP contribution in [0.15, 0.2) is 0 Å². The largest absolute Gasteiger partial charge is 0.448 e. The first-order valence-electron chi connectivity index (χ1n) is 20.4. The highest BCUT2D eigenvalue weighted by Crippen LogP contribution is 2.42. The van der Waals surface area contributed by atoms with Crippen molar-refractivity contribution >= 4 is 116 Å². The number of ether oxygens (including phenoxy) is 10. The van der Waals surface area contributed by atoms with Crippen LogP contribution in [0.3, 0.4) is 0 Å². The van der Waals surface area contributed by atoms with Crippen LogP contribution in [-0.4, -0.2) is 147 Å². The summed E-state index contributed by atoms with van der Waals surface area (Å²) in [5.74, 6) is -2.13. The average molecular weight is 1130 g/mol. The first-order valence-corrected chi connectivity index (χ1v) is 25.3. The maximum Gasteiger partial charge on any atom is 0.265 e. The van der Waals surface area contributed by atoms with Gasteiger partial charge in [0.2, 0.25) is 12.2 Å². The van der Waals surface area contributed by atoms with Crippen molar-refractivity contribution in [2.45, 2.75) is 143 Å². The van der Waals surface area contributed by atoms with E-state index < -0.39 is 108 Å². The molecule has 374 valence electrons. The molecule has 5 aliphatic rings. The van der Waals surface area contributed by atoms with Crippen LogP contribution in [0.1, 0.15) is 34.6 Å². The highest BCUT2D eigenvalue weighted by Gasteiger charge is 2.54. The molecule has 0 aliphatic carbocycles. The third-order valence-electron chi connectivity index (χ3n) is 12.3. The molecule has 0 saturated carbocycles. The third-order valence-corrected chi connectivity index (χ3v) is 15.1. The molecule has 0 bridgehead atoms. The predicted molar refractivity (Wildman–Crippen MR) is 260 cm³/mol. The van der Waals surface area contributed by atoms with Crippen molar-refractivity contribution in [3.8, 4) is 0 Å². The Morgan fingerprint density at radius 1 is 0.422 bits per heavy atom. The predicted octanol–water partition coefficient (Wildman–Crippen LogP) is 5.26. The molecule has 0 aromatic heterocycles. The Kier molecular flexibility index (Phi) is 24.8. The lowest BCUT2D eigenvalue weighted by Crippen LogP contribution is -2.56. The highest BCUT2D eigenvalue weighted by molar-refractivity contribution is 7.11. The summed E-state index contributed by atoms with van der Waals surface area (Å²) in [6.07, 6.45) is -9.99. The van der Waals surface area contributed by atoms with Gasteiger partial charge in [-0.15, -0.1) is 0 Å². The quantitative estimate of drug-likeness (QED) is 0.0639. The van der Waals surface area contributed by atoms with E-state index in [2.05, 4.69) is 75.7 Å². The van der Waals surface area contributed by atoms with E-state index in [9.17, 15) is 0 Å². The molecule has 30 heteroatoms. The zero-order chi connectivity index (χ0) is 47.0. The number of rotatable bonds is 22. The SMILES string of the molecule is CC1C(OCC2OC(OC(=N)C(Cl)(Cl)Cl)C(C)C2OC2OC(COC3OC(COP)C(OP)C(OP)C3C)C(OP)C2C)OC(COC2OC(COP)C(OP)C(OP)C2C)C1OP. The second-order valence-corrected chi connectivity index (χ2v) is 20.9. The molecular formula is C34H64Cl3NO18P8. The standard InChI is InChI=1S/C34H64Cl3NO18P8/c1-11-21(49-31-13(3)23(52-60)18(48-31)8-41-30-15(5)25(54-62)27(56-64)20(46-30)10-43-58)16(47-32(11)50-33(38)34(35,36)37)6-39-28-12(2)22(51-59)17(44-28)7-40-29-14(4)24(53-61)26(55-63)19(45-29)9-42-57/h11-32,38H,6-10,57-64H2,1-5H3. The number of hydrogen-bond acceptors (Lipinski definition) is 19. The third kappa shape index (κ3) is 14.0. The van der Waals surface area contributed by atoms with Crippen LogP contribution in [0.4, 0.5) is 0 Å². The fraction of sp³-hybridized carbons (Fsp3) is 0.971. The van der Waals surface area contributed by atoms with Crippen LogP contribution in [0.2, 0.25) is 0 Å². The van der Waals surface area contributed by atoms with Gasteiger partial charge in [-0.05, 0) is 0 Å². The van der Waals surface area contributed by atoms with Crippen molar-refractivity contribution in [1.29, 1.82) is 5.41 Å². The summed E-state index contributed by atoms with van der Waals surface area (Å²) < 4.78 is 106. The van der Waals surface area contributed by atoms with Crippen molar-refractivity contribution in [2.24, 2.45) is 29.6 Å². The fourth-order valence-electron chi connectivity index (χ4n) is 8.68. The summed E-state index contributed by atoms with van der Waals surface area (Å²) in [5, 5.41) is 8.28. The molecular weight excluding hydrogens is 1060 g/mol. The molecule has 30 unspecified atom stereocenters. The lowest BCUT2D eigenvalue weighted by molar-refractivity contribution is -0.280. The second kappa shape index (κ2) is 27.4. The number of nitrogens with one attached hydrogen (secondary N) is 1. The summed E-state index contributed by atoms with van der Waals surface area (Å²) in [5.41, 5.74) is 0. The van der Waals surface area contributed by atoms with Crippen LogP contribution >= 0.6 is 111 Å². The second-order valence-electron chi connectivity index (χ2n) is 16.3. The Labute approximate surface area is 409 Å². The first kappa shape index (κ1) is 58.0. The summed E-state index contributed by atoms with van der Waals surface area (Å²) in [4.78, 5) is 0. The van der Waals surface area contributed by atoms with E-state index in [-0.39, 0.29) is 68.9 Å². The molecule has 0 radical (unpaired) electrons. The monoisotopic (exact) mass is 1130 g/mol. The molecule has 5 aliphatic heterocycles. The van der Waals surface area contributed by atoms with Gasteiger partial charge < -0.3 is 83.6 Å². The number of alkyl halides is 3. The van der Waals surface area contributed by atoms with Gasteiger partial charge in [0.15, 0.2) is 25.2 Å². The molecule has 0 amide bonds. The first-order chi connectivity index (χ1) is 30.5. The molecule has 0 aromatic carbocycles. The van der Waals surface area contributed by atoms with E-state index >= 15 is 0 Å². The van der Waals surface area contributed by atoms with E-state index in [0.29, 0.717) is 0 Å². The van der Waals surface area contributed by atoms with Gasteiger partial charge in [0.1, 0.15) is 42.7 Å². The fourth-order valence-corrected chi connectivity index (χ4v) is 11.5. The molecule has 1 N–H and O–H groups in total. The summed E-state index contributed by atoms with van der Waals surface area (Å²) in [7, 11) is 18.2. The van der Waals surface area contributed by atoms with Gasteiger partial charge in [-0.2, -0.15) is 0 Å². The molecule has 64 heavy (non-hydrogen) atoms. The zero-order valence-electron chi connectivity index (χ0n) is 35.8. The van der Waals surface area contributed by atoms with Gasteiger partial charge in [0.25, 0.3) is 3.79 Å². The highest BCUT2D eigenvalue weighted by atomic mass is 35.6. The van der Waals surface area contributed by atoms with Gasteiger partial charge in [-0.3, -0.25) is 5.41 Å². The average Bonchev–Trinajstić information content (AvgIpc) is 3.86. The van der Waals surface area contributed by atoms with Crippen molar-refractivity contribution in [2.75, 3.05) is 33.0 Å². The molecule has 0 spiro atoms. The zero-order valence-corrected chi connectivity index (χ0v) is 47.3. The normalized spacial score (nSPS) is 44.1. The van der Waals surface area contributed by atoms with Gasteiger partial charge >= 0.3 is 0 Å². The van der Waals surface area contributed by atoms with Gasteiger partial charge in [-0.1, -0.05) is 69.4 Å². The lowest BCUT2D eigenvalue weighted by atomic mass is 9.92. The van der Waals surface area contributed by atoms with Crippen molar-refractivity contribution in [3.05, 3.63) is 0 Å². The minimum atomic E-state index is -2.13. The van der Waals surface area contributed by atoms with E-state index in [1.54, 1.807) is 0 Å². The molecule has 5 rings (SSSR count). The van der Waals surface area contributed by atoms with Gasteiger partial charge in [0, 0.05) is 105 Å².